The second-order valence-corrected chi connectivity index (χ2v) is 9.63. The van der Waals surface area contributed by atoms with Gasteiger partial charge in [-0.15, -0.1) is 11.8 Å². The molecule has 3 aromatic rings. The first-order chi connectivity index (χ1) is 16.5. The van der Waals surface area contributed by atoms with Crippen LogP contribution < -0.4 is 14.8 Å². The second-order valence-electron chi connectivity index (χ2n) is 8.61. The predicted molar refractivity (Wildman–Crippen MR) is 136 cm³/mol. The molecule has 0 aliphatic carbocycles. The number of likely N-dealkylation sites (tertiary alicyclic amines) is 1. The number of carbonyl (C=O) groups is 2. The molecule has 0 atom stereocenters. The van der Waals surface area contributed by atoms with E-state index in [4.69, 9.17) is 9.47 Å². The summed E-state index contributed by atoms with van der Waals surface area (Å²) < 4.78 is 12.6. The van der Waals surface area contributed by atoms with Crippen molar-refractivity contribution in [2.75, 3.05) is 38.4 Å². The minimum absolute atomic E-state index is 0.118. The number of piperidine rings is 1. The van der Waals surface area contributed by atoms with E-state index in [0.29, 0.717) is 29.6 Å². The minimum atomic E-state index is -0.118. The summed E-state index contributed by atoms with van der Waals surface area (Å²) >= 11 is 1.46. The smallest absolute Gasteiger partial charge is 0.242 e. The van der Waals surface area contributed by atoms with Crippen LogP contribution in [-0.4, -0.2) is 54.3 Å². The Kier molecular flexibility index (Phi) is 7.67. The third kappa shape index (κ3) is 5.50. The number of anilines is 1. The van der Waals surface area contributed by atoms with Crippen molar-refractivity contribution in [1.82, 2.24) is 9.47 Å². The molecule has 0 spiro atoms. The fourth-order valence-corrected chi connectivity index (χ4v) is 5.11. The molecule has 1 aromatic heterocycles. The van der Waals surface area contributed by atoms with Crippen molar-refractivity contribution in [3.8, 4) is 11.5 Å². The number of para-hydroxylation sites is 1. The molecule has 2 amide bonds. The van der Waals surface area contributed by atoms with Gasteiger partial charge >= 0.3 is 0 Å². The van der Waals surface area contributed by atoms with Crippen LogP contribution in [0.15, 0.2) is 53.6 Å². The number of rotatable bonds is 8. The number of benzene rings is 2. The lowest BCUT2D eigenvalue weighted by atomic mass is 9.99. The number of thioether (sulfide) groups is 1. The Morgan fingerprint density at radius 3 is 2.53 bits per heavy atom. The molecule has 2 aromatic carbocycles. The van der Waals surface area contributed by atoms with Gasteiger partial charge in [0, 0.05) is 46.8 Å². The first-order valence-corrected chi connectivity index (χ1v) is 12.5. The topological polar surface area (TPSA) is 72.8 Å². The standard InChI is InChI=1S/C26H31N3O4S/c1-18-10-12-28(13-11-18)26(31)16-29-15-24(20-6-4-5-7-21(20)29)34-17-25(30)27-19-8-9-22(32-2)23(14-19)33-3/h4-9,14-15,18H,10-13,16-17H2,1-3H3,(H,27,30). The molecule has 1 N–H and O–H groups in total. The quantitative estimate of drug-likeness (QED) is 0.474. The lowest BCUT2D eigenvalue weighted by molar-refractivity contribution is -0.133. The summed E-state index contributed by atoms with van der Waals surface area (Å²) in [6.07, 6.45) is 4.12. The Balaban J connectivity index is 1.42. The number of carbonyl (C=O) groups excluding carboxylic acids is 2. The van der Waals surface area contributed by atoms with Gasteiger partial charge in [0.15, 0.2) is 11.5 Å². The number of hydrogen-bond donors (Lipinski definition) is 1. The van der Waals surface area contributed by atoms with E-state index in [1.165, 1.54) is 11.8 Å². The van der Waals surface area contributed by atoms with Crippen LogP contribution in [-0.2, 0) is 16.1 Å². The maximum absolute atomic E-state index is 12.9. The number of ether oxygens (including phenoxy) is 2. The van der Waals surface area contributed by atoms with Gasteiger partial charge in [0.1, 0.15) is 6.54 Å². The highest BCUT2D eigenvalue weighted by atomic mass is 32.2. The molecule has 1 aliphatic rings. The Bertz CT molecular complexity index is 1170. The van der Waals surface area contributed by atoms with Crippen LogP contribution in [0.25, 0.3) is 10.9 Å². The van der Waals surface area contributed by atoms with Crippen molar-refractivity contribution in [3.63, 3.8) is 0 Å². The van der Waals surface area contributed by atoms with Gasteiger partial charge in [-0.25, -0.2) is 0 Å². The van der Waals surface area contributed by atoms with E-state index in [1.54, 1.807) is 32.4 Å². The first kappa shape index (κ1) is 24.0. The molecule has 4 rings (SSSR count). The first-order valence-electron chi connectivity index (χ1n) is 11.5. The SMILES string of the molecule is COc1ccc(NC(=O)CSc2cn(CC(=O)N3CCC(C)CC3)c3ccccc23)cc1OC. The zero-order valence-electron chi connectivity index (χ0n) is 19.9. The highest BCUT2D eigenvalue weighted by Crippen LogP contribution is 2.32. The van der Waals surface area contributed by atoms with E-state index in [1.807, 2.05) is 39.9 Å². The number of nitrogens with zero attached hydrogens (tertiary/aromatic N) is 2. The predicted octanol–water partition coefficient (Wildman–Crippen LogP) is 4.65. The molecule has 0 saturated carbocycles. The van der Waals surface area contributed by atoms with E-state index in [2.05, 4.69) is 12.2 Å². The molecule has 8 heteroatoms. The van der Waals surface area contributed by atoms with Crippen LogP contribution in [0.4, 0.5) is 5.69 Å². The molecule has 0 radical (unpaired) electrons. The largest absolute Gasteiger partial charge is 0.493 e. The van der Waals surface area contributed by atoms with Crippen LogP contribution in [0, 0.1) is 5.92 Å². The molecule has 0 unspecified atom stereocenters. The summed E-state index contributed by atoms with van der Waals surface area (Å²) in [5, 5.41) is 3.96. The van der Waals surface area contributed by atoms with Gasteiger partial charge in [-0.1, -0.05) is 25.1 Å². The van der Waals surface area contributed by atoms with Crippen LogP contribution >= 0.6 is 11.8 Å². The summed E-state index contributed by atoms with van der Waals surface area (Å²) in [6.45, 7) is 4.22. The van der Waals surface area contributed by atoms with Gasteiger partial charge in [0.05, 0.1) is 20.0 Å². The van der Waals surface area contributed by atoms with Crippen molar-refractivity contribution in [2.45, 2.75) is 31.2 Å². The second kappa shape index (κ2) is 10.9. The fraction of sp³-hybridized carbons (Fsp3) is 0.385. The third-order valence-corrected chi connectivity index (χ3v) is 7.26. The van der Waals surface area contributed by atoms with Crippen LogP contribution in [0.2, 0.25) is 0 Å². The number of hydrogen-bond acceptors (Lipinski definition) is 5. The maximum atomic E-state index is 12.9. The molecular weight excluding hydrogens is 450 g/mol. The Morgan fingerprint density at radius 2 is 1.79 bits per heavy atom. The van der Waals surface area contributed by atoms with Crippen molar-refractivity contribution in [2.24, 2.45) is 5.92 Å². The van der Waals surface area contributed by atoms with Gasteiger partial charge < -0.3 is 24.3 Å². The number of fused-ring (bicyclic) bond motifs is 1. The number of nitrogens with one attached hydrogen (secondary N) is 1. The number of methoxy groups -OCH3 is 2. The summed E-state index contributed by atoms with van der Waals surface area (Å²) in [7, 11) is 3.13. The van der Waals surface area contributed by atoms with E-state index in [0.717, 1.165) is 41.7 Å². The molecule has 7 nitrogen and oxygen atoms in total. The third-order valence-electron chi connectivity index (χ3n) is 6.22. The van der Waals surface area contributed by atoms with Gasteiger partial charge in [0.2, 0.25) is 11.8 Å². The number of amides is 2. The summed E-state index contributed by atoms with van der Waals surface area (Å²) in [6, 6.07) is 13.3. The fourth-order valence-electron chi connectivity index (χ4n) is 4.22. The monoisotopic (exact) mass is 481 g/mol. The lowest BCUT2D eigenvalue weighted by Gasteiger charge is -2.30. The van der Waals surface area contributed by atoms with E-state index in [9.17, 15) is 9.59 Å². The van der Waals surface area contributed by atoms with Gasteiger partial charge in [0.25, 0.3) is 0 Å². The van der Waals surface area contributed by atoms with Crippen LogP contribution in [0.3, 0.4) is 0 Å². The molecule has 0 bridgehead atoms. The van der Waals surface area contributed by atoms with Crippen LogP contribution in [0.1, 0.15) is 19.8 Å². The molecule has 2 heterocycles. The Hall–Kier alpha value is -3.13. The zero-order valence-corrected chi connectivity index (χ0v) is 20.7. The highest BCUT2D eigenvalue weighted by molar-refractivity contribution is 8.00. The molecule has 180 valence electrons. The van der Waals surface area contributed by atoms with E-state index in [-0.39, 0.29) is 17.6 Å². The van der Waals surface area contributed by atoms with E-state index < -0.39 is 0 Å². The van der Waals surface area contributed by atoms with Gasteiger partial charge in [-0.3, -0.25) is 9.59 Å². The Labute approximate surface area is 204 Å². The minimum Gasteiger partial charge on any atom is -0.493 e. The molecule has 1 fully saturated rings. The normalized spacial score (nSPS) is 14.3. The summed E-state index contributed by atoms with van der Waals surface area (Å²) in [5.41, 5.74) is 1.65. The lowest BCUT2D eigenvalue weighted by Crippen LogP contribution is -2.39. The molecule has 1 aliphatic heterocycles. The van der Waals surface area contributed by atoms with Crippen LogP contribution in [0.5, 0.6) is 11.5 Å². The highest BCUT2D eigenvalue weighted by Gasteiger charge is 2.21. The van der Waals surface area contributed by atoms with Crippen molar-refractivity contribution >= 4 is 40.2 Å². The maximum Gasteiger partial charge on any atom is 0.242 e. The van der Waals surface area contributed by atoms with Crippen molar-refractivity contribution in [3.05, 3.63) is 48.7 Å². The van der Waals surface area contributed by atoms with Crippen molar-refractivity contribution in [1.29, 1.82) is 0 Å². The Morgan fingerprint density at radius 1 is 1.06 bits per heavy atom. The molecule has 34 heavy (non-hydrogen) atoms. The number of aromatic nitrogens is 1. The summed E-state index contributed by atoms with van der Waals surface area (Å²) in [4.78, 5) is 28.5. The summed E-state index contributed by atoms with van der Waals surface area (Å²) in [5.74, 6) is 2.13. The van der Waals surface area contributed by atoms with E-state index >= 15 is 0 Å². The molecule has 1 saturated heterocycles. The zero-order chi connectivity index (χ0) is 24.1. The van der Waals surface area contributed by atoms with Gasteiger partial charge in [-0.2, -0.15) is 0 Å². The average Bonchev–Trinajstić information content (AvgIpc) is 3.20. The van der Waals surface area contributed by atoms with Gasteiger partial charge in [-0.05, 0) is 37.0 Å². The molecular formula is C26H31N3O4S. The van der Waals surface area contributed by atoms with Crippen molar-refractivity contribution < 1.29 is 19.1 Å². The average molecular weight is 482 g/mol.